The second-order valence-corrected chi connectivity index (χ2v) is 7.32. The van der Waals surface area contributed by atoms with Crippen molar-refractivity contribution in [2.45, 2.75) is 50.7 Å². The van der Waals surface area contributed by atoms with E-state index >= 15 is 0 Å². The number of hydrogen-bond donors (Lipinski definition) is 3. The highest BCUT2D eigenvalue weighted by atomic mass is 35.5. The number of rotatable bonds is 3. The standard InChI is InChI=1S/C16H22ClF2NO4/c1-14(2,3)24-13(22)20-7-6-16(18,19)15(23,9-21)11-8-10(17)4-5-12(11)20/h4-5,8,13,21-23H,6-7,9H2,1-3H3/t13?,15-/m1/s1. The van der Waals surface area contributed by atoms with Crippen LogP contribution in [-0.2, 0) is 10.3 Å². The average molecular weight is 366 g/mol. The summed E-state index contributed by atoms with van der Waals surface area (Å²) in [4.78, 5) is 1.22. The summed E-state index contributed by atoms with van der Waals surface area (Å²) in [5.74, 6) is -3.61. The SMILES string of the molecule is CC(C)(C)OC(O)N1CCC(F)(F)[C@@](O)(CO)c2cc(Cl)ccc21. The van der Waals surface area contributed by atoms with E-state index in [1.54, 1.807) is 20.8 Å². The van der Waals surface area contributed by atoms with Gasteiger partial charge >= 0.3 is 0 Å². The Hall–Kier alpha value is -0.990. The molecule has 3 N–H and O–H groups in total. The zero-order chi connectivity index (χ0) is 18.3. The molecule has 1 aromatic rings. The van der Waals surface area contributed by atoms with E-state index in [1.807, 2.05) is 0 Å². The third-order valence-electron chi connectivity index (χ3n) is 3.94. The number of hydrogen-bond acceptors (Lipinski definition) is 5. The van der Waals surface area contributed by atoms with Crippen LogP contribution in [0, 0.1) is 0 Å². The van der Waals surface area contributed by atoms with Crippen molar-refractivity contribution in [1.82, 2.24) is 0 Å². The van der Waals surface area contributed by atoms with Crippen LogP contribution in [0.3, 0.4) is 0 Å². The molecule has 0 radical (unpaired) electrons. The summed E-state index contributed by atoms with van der Waals surface area (Å²) in [5, 5.41) is 30.4. The van der Waals surface area contributed by atoms with Gasteiger partial charge in [0.2, 0.25) is 6.41 Å². The molecule has 136 valence electrons. The topological polar surface area (TPSA) is 73.2 Å². The van der Waals surface area contributed by atoms with Gasteiger partial charge in [-0.3, -0.25) is 0 Å². The third kappa shape index (κ3) is 3.50. The molecule has 0 aromatic heterocycles. The molecule has 24 heavy (non-hydrogen) atoms. The van der Waals surface area contributed by atoms with Crippen molar-refractivity contribution < 1.29 is 28.8 Å². The molecule has 1 unspecified atom stereocenters. The van der Waals surface area contributed by atoms with E-state index in [1.165, 1.54) is 23.1 Å². The highest BCUT2D eigenvalue weighted by Crippen LogP contribution is 2.47. The van der Waals surface area contributed by atoms with Crippen LogP contribution in [0.2, 0.25) is 5.02 Å². The lowest BCUT2D eigenvalue weighted by molar-refractivity contribution is -0.206. The van der Waals surface area contributed by atoms with Crippen LogP contribution >= 0.6 is 11.6 Å². The number of anilines is 1. The number of fused-ring (bicyclic) bond motifs is 1. The van der Waals surface area contributed by atoms with Gasteiger partial charge in [-0.1, -0.05) is 11.6 Å². The molecule has 0 bridgehead atoms. The minimum Gasteiger partial charge on any atom is -0.393 e. The molecule has 0 aliphatic carbocycles. The van der Waals surface area contributed by atoms with E-state index in [2.05, 4.69) is 0 Å². The molecule has 8 heteroatoms. The average Bonchev–Trinajstić information content (AvgIpc) is 2.52. The van der Waals surface area contributed by atoms with Gasteiger partial charge < -0.3 is 25.0 Å². The molecular formula is C16H22ClF2NO4. The molecular weight excluding hydrogens is 344 g/mol. The largest absolute Gasteiger partial charge is 0.393 e. The first kappa shape index (κ1) is 19.3. The quantitative estimate of drug-likeness (QED) is 0.718. The number of aliphatic hydroxyl groups excluding tert-OH is 2. The first-order valence-electron chi connectivity index (χ1n) is 7.55. The van der Waals surface area contributed by atoms with Crippen LogP contribution in [0.15, 0.2) is 18.2 Å². The predicted octanol–water partition coefficient (Wildman–Crippen LogP) is 2.46. The Morgan fingerprint density at radius 1 is 1.38 bits per heavy atom. The maximum absolute atomic E-state index is 14.5. The van der Waals surface area contributed by atoms with E-state index in [0.29, 0.717) is 0 Å². The van der Waals surface area contributed by atoms with Gasteiger partial charge in [0.1, 0.15) is 0 Å². The van der Waals surface area contributed by atoms with E-state index < -0.39 is 36.6 Å². The van der Waals surface area contributed by atoms with Gasteiger partial charge in [-0.25, -0.2) is 8.78 Å². The van der Waals surface area contributed by atoms with Gasteiger partial charge in [0.15, 0.2) is 5.60 Å². The number of ether oxygens (including phenoxy) is 1. The minimum atomic E-state index is -3.61. The molecule has 2 atom stereocenters. The van der Waals surface area contributed by atoms with E-state index in [-0.39, 0.29) is 22.8 Å². The van der Waals surface area contributed by atoms with Gasteiger partial charge in [0.25, 0.3) is 5.92 Å². The van der Waals surface area contributed by atoms with Crippen molar-refractivity contribution in [2.75, 3.05) is 18.1 Å². The van der Waals surface area contributed by atoms with Crippen molar-refractivity contribution in [3.63, 3.8) is 0 Å². The molecule has 0 saturated carbocycles. The van der Waals surface area contributed by atoms with Crippen LogP contribution in [0.1, 0.15) is 32.8 Å². The minimum absolute atomic E-state index is 0.129. The fraction of sp³-hybridized carbons (Fsp3) is 0.625. The van der Waals surface area contributed by atoms with Gasteiger partial charge in [0, 0.05) is 29.2 Å². The predicted molar refractivity (Wildman–Crippen MR) is 86.2 cm³/mol. The van der Waals surface area contributed by atoms with Crippen LogP contribution in [0.5, 0.6) is 0 Å². The lowest BCUT2D eigenvalue weighted by atomic mass is 9.86. The molecule has 0 fully saturated rings. The highest BCUT2D eigenvalue weighted by molar-refractivity contribution is 6.30. The summed E-state index contributed by atoms with van der Waals surface area (Å²) in [5.41, 5.74) is -3.64. The normalized spacial score (nSPS) is 25.1. The summed E-state index contributed by atoms with van der Waals surface area (Å²) in [6.45, 7) is 3.69. The second kappa shape index (κ2) is 6.38. The molecule has 1 aromatic carbocycles. The number of nitrogens with zero attached hydrogens (tertiary/aromatic N) is 1. The molecule has 1 aliphatic rings. The Morgan fingerprint density at radius 2 is 2.00 bits per heavy atom. The second-order valence-electron chi connectivity index (χ2n) is 6.88. The Labute approximate surface area is 144 Å². The molecule has 0 spiro atoms. The number of aliphatic hydroxyl groups is 3. The molecule has 5 nitrogen and oxygen atoms in total. The lowest BCUT2D eigenvalue weighted by Crippen LogP contribution is -2.48. The van der Waals surface area contributed by atoms with Crippen LogP contribution in [0.4, 0.5) is 14.5 Å². The van der Waals surface area contributed by atoms with Gasteiger partial charge in [-0.15, -0.1) is 0 Å². The van der Waals surface area contributed by atoms with Crippen molar-refractivity contribution in [2.24, 2.45) is 0 Å². The first-order valence-corrected chi connectivity index (χ1v) is 7.93. The van der Waals surface area contributed by atoms with E-state index in [0.717, 1.165) is 0 Å². The molecule has 0 saturated heterocycles. The highest BCUT2D eigenvalue weighted by Gasteiger charge is 2.56. The van der Waals surface area contributed by atoms with E-state index in [4.69, 9.17) is 16.3 Å². The van der Waals surface area contributed by atoms with Gasteiger partial charge in [-0.2, -0.15) is 0 Å². The fourth-order valence-electron chi connectivity index (χ4n) is 2.69. The Kier molecular flexibility index (Phi) is 5.14. The van der Waals surface area contributed by atoms with Crippen molar-refractivity contribution >= 4 is 17.3 Å². The van der Waals surface area contributed by atoms with Crippen molar-refractivity contribution in [1.29, 1.82) is 0 Å². The van der Waals surface area contributed by atoms with Crippen LogP contribution in [-0.4, -0.2) is 46.4 Å². The summed E-state index contributed by atoms with van der Waals surface area (Å²) in [6.07, 6.45) is -2.28. The van der Waals surface area contributed by atoms with Gasteiger partial charge in [-0.05, 0) is 39.0 Å². The Bertz CT molecular complexity index is 608. The maximum atomic E-state index is 14.5. The summed E-state index contributed by atoms with van der Waals surface area (Å²) in [6, 6.07) is 4.04. The first-order chi connectivity index (χ1) is 10.9. The smallest absolute Gasteiger partial charge is 0.284 e. The summed E-state index contributed by atoms with van der Waals surface area (Å²) >= 11 is 5.89. The molecule has 2 rings (SSSR count). The summed E-state index contributed by atoms with van der Waals surface area (Å²) < 4.78 is 34.4. The lowest BCUT2D eigenvalue weighted by Gasteiger charge is -2.35. The number of alkyl halides is 2. The summed E-state index contributed by atoms with van der Waals surface area (Å²) in [7, 11) is 0. The maximum Gasteiger partial charge on any atom is 0.284 e. The van der Waals surface area contributed by atoms with Crippen LogP contribution in [0.25, 0.3) is 0 Å². The zero-order valence-corrected chi connectivity index (χ0v) is 14.5. The molecule has 1 aliphatic heterocycles. The molecule has 1 heterocycles. The Balaban J connectivity index is 2.57. The zero-order valence-electron chi connectivity index (χ0n) is 13.8. The monoisotopic (exact) mass is 365 g/mol. The number of halogens is 3. The van der Waals surface area contributed by atoms with Crippen LogP contribution < -0.4 is 4.90 Å². The van der Waals surface area contributed by atoms with E-state index in [9.17, 15) is 24.1 Å². The number of benzene rings is 1. The van der Waals surface area contributed by atoms with Crippen molar-refractivity contribution in [3.8, 4) is 0 Å². The fourth-order valence-corrected chi connectivity index (χ4v) is 2.86. The Morgan fingerprint density at radius 3 is 2.54 bits per heavy atom. The third-order valence-corrected chi connectivity index (χ3v) is 4.17. The molecule has 0 amide bonds. The van der Waals surface area contributed by atoms with Gasteiger partial charge in [0.05, 0.1) is 12.2 Å². The van der Waals surface area contributed by atoms with Crippen molar-refractivity contribution in [3.05, 3.63) is 28.8 Å².